The monoisotopic (exact) mass is 248 g/mol. The van der Waals surface area contributed by atoms with Crippen molar-refractivity contribution < 1.29 is 4.52 Å². The van der Waals surface area contributed by atoms with Crippen LogP contribution in [-0.2, 0) is 0 Å². The van der Waals surface area contributed by atoms with Gasteiger partial charge in [0.1, 0.15) is 6.26 Å². The fourth-order valence-electron chi connectivity index (χ4n) is 2.21. The summed E-state index contributed by atoms with van der Waals surface area (Å²) in [6, 6.07) is 2.37. The van der Waals surface area contributed by atoms with Crippen molar-refractivity contribution >= 4 is 5.95 Å². The highest BCUT2D eigenvalue weighted by atomic mass is 16.5. The maximum Gasteiger partial charge on any atom is 0.245 e. The van der Waals surface area contributed by atoms with E-state index in [0.717, 1.165) is 31.9 Å². The first kappa shape index (κ1) is 11.2. The minimum Gasteiger partial charge on any atom is -0.364 e. The molecule has 2 aromatic heterocycles. The predicted molar refractivity (Wildman–Crippen MR) is 66.2 cm³/mol. The Morgan fingerprint density at radius 3 is 2.94 bits per heavy atom. The Hall–Kier alpha value is -1.89. The molecule has 0 spiro atoms. The van der Waals surface area contributed by atoms with Gasteiger partial charge in [0, 0.05) is 25.2 Å². The third-order valence-corrected chi connectivity index (χ3v) is 3.34. The van der Waals surface area contributed by atoms with E-state index in [2.05, 4.69) is 30.6 Å². The molecule has 7 nitrogen and oxygen atoms in total. The first-order valence-corrected chi connectivity index (χ1v) is 6.12. The lowest BCUT2D eigenvalue weighted by molar-refractivity contribution is 0.422. The molecular weight excluding hydrogens is 232 g/mol. The molecule has 0 aliphatic carbocycles. The minimum atomic E-state index is 0.607. The third-order valence-electron chi connectivity index (χ3n) is 3.34. The molecule has 0 unspecified atom stereocenters. The van der Waals surface area contributed by atoms with Crippen molar-refractivity contribution in [2.45, 2.75) is 18.9 Å². The maximum atomic E-state index is 4.79. The van der Waals surface area contributed by atoms with Crippen LogP contribution < -0.4 is 10.2 Å². The summed E-state index contributed by atoms with van der Waals surface area (Å²) in [4.78, 5) is 6.63. The van der Waals surface area contributed by atoms with Gasteiger partial charge in [0.05, 0.1) is 0 Å². The van der Waals surface area contributed by atoms with Gasteiger partial charge in [-0.3, -0.25) is 5.10 Å². The molecule has 0 saturated carbocycles. The fraction of sp³-hybridized carbons (Fsp3) is 0.545. The lowest BCUT2D eigenvalue weighted by Gasteiger charge is -2.30. The van der Waals surface area contributed by atoms with Gasteiger partial charge in [0.2, 0.25) is 5.95 Å². The largest absolute Gasteiger partial charge is 0.364 e. The number of piperidine rings is 1. The first-order chi connectivity index (χ1) is 8.86. The summed E-state index contributed by atoms with van der Waals surface area (Å²) in [7, 11) is 2.01. The van der Waals surface area contributed by atoms with E-state index in [-0.39, 0.29) is 0 Å². The SMILES string of the molecule is CNC1CCN(c2n[nH]c(-c3ccon3)n2)CC1. The van der Waals surface area contributed by atoms with E-state index in [1.54, 1.807) is 6.07 Å². The molecule has 1 saturated heterocycles. The number of hydrogen-bond donors (Lipinski definition) is 2. The molecule has 18 heavy (non-hydrogen) atoms. The molecule has 2 aromatic rings. The molecule has 1 aliphatic rings. The van der Waals surface area contributed by atoms with Crippen LogP contribution in [0.15, 0.2) is 16.9 Å². The summed E-state index contributed by atoms with van der Waals surface area (Å²) in [6.45, 7) is 1.95. The predicted octanol–water partition coefficient (Wildman–Crippen LogP) is 0.648. The highest BCUT2D eigenvalue weighted by molar-refractivity contribution is 5.49. The zero-order chi connectivity index (χ0) is 12.4. The van der Waals surface area contributed by atoms with Gasteiger partial charge in [-0.1, -0.05) is 5.16 Å². The Labute approximate surface area is 105 Å². The van der Waals surface area contributed by atoms with Crippen molar-refractivity contribution in [3.8, 4) is 11.5 Å². The molecule has 0 radical (unpaired) electrons. The number of anilines is 1. The molecule has 7 heteroatoms. The van der Waals surface area contributed by atoms with E-state index < -0.39 is 0 Å². The van der Waals surface area contributed by atoms with Crippen molar-refractivity contribution in [2.75, 3.05) is 25.0 Å². The number of rotatable bonds is 3. The Morgan fingerprint density at radius 1 is 1.44 bits per heavy atom. The molecule has 1 aliphatic heterocycles. The van der Waals surface area contributed by atoms with Crippen molar-refractivity contribution in [2.24, 2.45) is 0 Å². The van der Waals surface area contributed by atoms with Gasteiger partial charge in [0.25, 0.3) is 0 Å². The van der Waals surface area contributed by atoms with Crippen LogP contribution in [0.1, 0.15) is 12.8 Å². The van der Waals surface area contributed by atoms with Crippen molar-refractivity contribution in [1.82, 2.24) is 25.7 Å². The van der Waals surface area contributed by atoms with Crippen LogP contribution in [0.2, 0.25) is 0 Å². The van der Waals surface area contributed by atoms with Gasteiger partial charge in [-0.05, 0) is 19.9 Å². The van der Waals surface area contributed by atoms with Crippen molar-refractivity contribution in [1.29, 1.82) is 0 Å². The number of aromatic amines is 1. The van der Waals surface area contributed by atoms with E-state index in [9.17, 15) is 0 Å². The fourth-order valence-corrected chi connectivity index (χ4v) is 2.21. The van der Waals surface area contributed by atoms with Gasteiger partial charge >= 0.3 is 0 Å². The quantitative estimate of drug-likeness (QED) is 0.829. The van der Waals surface area contributed by atoms with Crippen LogP contribution in [0.4, 0.5) is 5.95 Å². The standard InChI is InChI=1S/C11H16N6O/c1-12-8-2-5-17(6-3-8)11-13-10(14-15-11)9-4-7-18-16-9/h4,7-8,12H,2-3,5-6H2,1H3,(H,13,14,15). The van der Waals surface area contributed by atoms with E-state index in [4.69, 9.17) is 4.52 Å². The van der Waals surface area contributed by atoms with Gasteiger partial charge in [0.15, 0.2) is 11.5 Å². The molecular formula is C11H16N6O. The van der Waals surface area contributed by atoms with Crippen LogP contribution in [0, 0.1) is 0 Å². The van der Waals surface area contributed by atoms with Crippen LogP contribution in [0.25, 0.3) is 11.5 Å². The van der Waals surface area contributed by atoms with Crippen LogP contribution in [-0.4, -0.2) is 46.5 Å². The van der Waals surface area contributed by atoms with E-state index in [0.29, 0.717) is 17.6 Å². The molecule has 3 heterocycles. The number of nitrogens with zero attached hydrogens (tertiary/aromatic N) is 4. The molecule has 0 amide bonds. The second-order valence-electron chi connectivity index (χ2n) is 4.42. The molecule has 0 bridgehead atoms. The summed E-state index contributed by atoms with van der Waals surface area (Å²) < 4.78 is 4.79. The molecule has 0 aromatic carbocycles. The third kappa shape index (κ3) is 2.08. The summed E-state index contributed by atoms with van der Waals surface area (Å²) in [5.41, 5.74) is 0.680. The lowest BCUT2D eigenvalue weighted by atomic mass is 10.1. The Balaban J connectivity index is 1.71. The van der Waals surface area contributed by atoms with Crippen LogP contribution >= 0.6 is 0 Å². The normalized spacial score (nSPS) is 17.3. The lowest BCUT2D eigenvalue weighted by Crippen LogP contribution is -2.41. The average Bonchev–Trinajstić information content (AvgIpc) is 3.09. The Morgan fingerprint density at radius 2 is 2.28 bits per heavy atom. The smallest absolute Gasteiger partial charge is 0.245 e. The maximum absolute atomic E-state index is 4.79. The number of H-pyrrole nitrogens is 1. The van der Waals surface area contributed by atoms with Gasteiger partial charge in [-0.25, -0.2) is 0 Å². The molecule has 2 N–H and O–H groups in total. The topological polar surface area (TPSA) is 82.9 Å². The van der Waals surface area contributed by atoms with Crippen molar-refractivity contribution in [3.05, 3.63) is 12.3 Å². The van der Waals surface area contributed by atoms with Gasteiger partial charge in [-0.2, -0.15) is 4.98 Å². The highest BCUT2D eigenvalue weighted by Crippen LogP contribution is 2.19. The van der Waals surface area contributed by atoms with E-state index >= 15 is 0 Å². The Kier molecular flexibility index (Phi) is 2.97. The van der Waals surface area contributed by atoms with E-state index in [1.165, 1.54) is 6.26 Å². The molecule has 3 rings (SSSR count). The van der Waals surface area contributed by atoms with E-state index in [1.807, 2.05) is 7.05 Å². The second-order valence-corrected chi connectivity index (χ2v) is 4.42. The Bertz CT molecular complexity index is 485. The van der Waals surface area contributed by atoms with Gasteiger partial charge < -0.3 is 14.7 Å². The average molecular weight is 248 g/mol. The zero-order valence-electron chi connectivity index (χ0n) is 10.3. The van der Waals surface area contributed by atoms with Crippen molar-refractivity contribution in [3.63, 3.8) is 0 Å². The van der Waals surface area contributed by atoms with Gasteiger partial charge in [-0.15, -0.1) is 5.10 Å². The first-order valence-electron chi connectivity index (χ1n) is 6.12. The number of hydrogen-bond acceptors (Lipinski definition) is 6. The highest BCUT2D eigenvalue weighted by Gasteiger charge is 2.21. The summed E-state index contributed by atoms with van der Waals surface area (Å²) >= 11 is 0. The van der Waals surface area contributed by atoms with Crippen LogP contribution in [0.5, 0.6) is 0 Å². The summed E-state index contributed by atoms with van der Waals surface area (Å²) in [5.74, 6) is 1.39. The zero-order valence-corrected chi connectivity index (χ0v) is 10.3. The number of aromatic nitrogens is 4. The second kappa shape index (κ2) is 4.77. The minimum absolute atomic E-state index is 0.607. The summed E-state index contributed by atoms with van der Waals surface area (Å²) in [6.07, 6.45) is 3.75. The molecule has 1 fully saturated rings. The molecule has 0 atom stereocenters. The number of nitrogens with one attached hydrogen (secondary N) is 2. The molecule has 96 valence electrons. The van der Waals surface area contributed by atoms with Crippen LogP contribution in [0.3, 0.4) is 0 Å². The summed E-state index contributed by atoms with van der Waals surface area (Å²) in [5, 5.41) is 14.3.